The van der Waals surface area contributed by atoms with Crippen LogP contribution in [0.2, 0.25) is 0 Å². The number of benzene rings is 2. The van der Waals surface area contributed by atoms with Crippen LogP contribution in [-0.2, 0) is 17.9 Å². The molecular weight excluding hydrogens is 410 g/mol. The Morgan fingerprint density at radius 1 is 0.939 bits per heavy atom. The Hall–Kier alpha value is -3.41. The molecule has 0 aliphatic carbocycles. The molecule has 174 valence electrons. The lowest BCUT2D eigenvalue weighted by molar-refractivity contribution is -0.122. The average molecular weight is 446 g/mol. The zero-order chi connectivity index (χ0) is 23.8. The van der Waals surface area contributed by atoms with Gasteiger partial charge in [0.2, 0.25) is 11.9 Å². The number of rotatable bonds is 10. The normalized spacial score (nSPS) is 11.8. The van der Waals surface area contributed by atoms with E-state index in [1.165, 1.54) is 16.7 Å². The van der Waals surface area contributed by atoms with Gasteiger partial charge in [-0.2, -0.15) is 4.98 Å². The van der Waals surface area contributed by atoms with E-state index in [-0.39, 0.29) is 11.9 Å². The van der Waals surface area contributed by atoms with Crippen molar-refractivity contribution in [1.29, 1.82) is 0 Å². The van der Waals surface area contributed by atoms with Gasteiger partial charge in [-0.25, -0.2) is 4.98 Å². The monoisotopic (exact) mass is 445 g/mol. The molecule has 3 rings (SSSR count). The third-order valence-corrected chi connectivity index (χ3v) is 5.49. The Labute approximate surface area is 197 Å². The van der Waals surface area contributed by atoms with Crippen LogP contribution >= 0.6 is 0 Å². The van der Waals surface area contributed by atoms with Crippen LogP contribution in [0.3, 0.4) is 0 Å². The van der Waals surface area contributed by atoms with Crippen molar-refractivity contribution in [2.45, 2.75) is 60.2 Å². The number of carbonyl (C=O) groups is 1. The molecular formula is C27H35N5O. The molecule has 1 atom stereocenters. The van der Waals surface area contributed by atoms with E-state index < -0.39 is 0 Å². The average Bonchev–Trinajstić information content (AvgIpc) is 2.77. The highest BCUT2D eigenvalue weighted by Crippen LogP contribution is 2.16. The van der Waals surface area contributed by atoms with Crippen LogP contribution in [0, 0.1) is 26.7 Å². The summed E-state index contributed by atoms with van der Waals surface area (Å²) in [5, 5.41) is 9.72. The zero-order valence-corrected chi connectivity index (χ0v) is 20.3. The van der Waals surface area contributed by atoms with Gasteiger partial charge in [-0.05, 0) is 49.8 Å². The highest BCUT2D eigenvalue weighted by atomic mass is 16.2. The van der Waals surface area contributed by atoms with Gasteiger partial charge in [0.25, 0.3) is 0 Å². The third-order valence-electron chi connectivity index (χ3n) is 5.49. The lowest BCUT2D eigenvalue weighted by Crippen LogP contribution is -2.40. The standard InChI is InChI=1S/C27H35N5O/c1-18(2)14-24(26(33)28-16-22-12-10-19(3)11-13-22)31-25-15-21(5)30-27(32-25)29-17-23-9-7-6-8-20(23)4/h6-13,15,18,24H,14,16-17H2,1-5H3,(H,28,33)(H2,29,30,31,32)/t24-/m0/s1. The minimum atomic E-state index is -0.381. The number of aromatic nitrogens is 2. The quantitative estimate of drug-likeness (QED) is 0.402. The number of anilines is 2. The Morgan fingerprint density at radius 2 is 1.67 bits per heavy atom. The minimum Gasteiger partial charge on any atom is -0.358 e. The van der Waals surface area contributed by atoms with E-state index in [2.05, 4.69) is 77.9 Å². The molecule has 2 aromatic carbocycles. The first kappa shape index (κ1) is 24.2. The minimum absolute atomic E-state index is 0.0324. The van der Waals surface area contributed by atoms with Crippen molar-refractivity contribution in [3.8, 4) is 0 Å². The second-order valence-corrected chi connectivity index (χ2v) is 9.03. The first-order chi connectivity index (χ1) is 15.8. The van der Waals surface area contributed by atoms with Crippen molar-refractivity contribution < 1.29 is 4.79 Å². The lowest BCUT2D eigenvalue weighted by Gasteiger charge is -2.21. The summed E-state index contributed by atoms with van der Waals surface area (Å²) in [6.45, 7) is 11.4. The second-order valence-electron chi connectivity index (χ2n) is 9.03. The molecule has 1 heterocycles. The van der Waals surface area contributed by atoms with Gasteiger partial charge in [0.1, 0.15) is 11.9 Å². The zero-order valence-electron chi connectivity index (χ0n) is 20.3. The number of nitrogens with one attached hydrogen (secondary N) is 3. The summed E-state index contributed by atoms with van der Waals surface area (Å²) in [7, 11) is 0. The molecule has 33 heavy (non-hydrogen) atoms. The maximum atomic E-state index is 13.0. The van der Waals surface area contributed by atoms with Crippen LogP contribution in [0.5, 0.6) is 0 Å². The summed E-state index contributed by atoms with van der Waals surface area (Å²) < 4.78 is 0. The molecule has 0 saturated heterocycles. The van der Waals surface area contributed by atoms with Crippen LogP contribution in [0.15, 0.2) is 54.6 Å². The highest BCUT2D eigenvalue weighted by molar-refractivity contribution is 5.84. The van der Waals surface area contributed by atoms with Gasteiger partial charge in [0.15, 0.2) is 0 Å². The number of nitrogens with zero attached hydrogens (tertiary/aromatic N) is 2. The van der Waals surface area contributed by atoms with E-state index in [0.29, 0.717) is 37.2 Å². The van der Waals surface area contributed by atoms with E-state index in [1.54, 1.807) is 0 Å². The molecule has 0 spiro atoms. The molecule has 0 aliphatic heterocycles. The first-order valence-corrected chi connectivity index (χ1v) is 11.5. The highest BCUT2D eigenvalue weighted by Gasteiger charge is 2.20. The van der Waals surface area contributed by atoms with Gasteiger partial charge in [0.05, 0.1) is 0 Å². The summed E-state index contributed by atoms with van der Waals surface area (Å²) in [6, 6.07) is 17.9. The topological polar surface area (TPSA) is 78.9 Å². The number of hydrogen-bond donors (Lipinski definition) is 3. The smallest absolute Gasteiger partial charge is 0.242 e. The lowest BCUT2D eigenvalue weighted by atomic mass is 10.0. The molecule has 3 aromatic rings. The van der Waals surface area contributed by atoms with Gasteiger partial charge in [0, 0.05) is 24.8 Å². The summed E-state index contributed by atoms with van der Waals surface area (Å²) in [5.74, 6) is 1.51. The number of hydrogen-bond acceptors (Lipinski definition) is 5. The van der Waals surface area contributed by atoms with E-state index in [4.69, 9.17) is 0 Å². The Balaban J connectivity index is 1.67. The molecule has 1 aromatic heterocycles. The van der Waals surface area contributed by atoms with E-state index in [1.807, 2.05) is 37.3 Å². The fourth-order valence-electron chi connectivity index (χ4n) is 3.60. The molecule has 0 bridgehead atoms. The summed E-state index contributed by atoms with van der Waals surface area (Å²) in [4.78, 5) is 22.1. The van der Waals surface area contributed by atoms with Gasteiger partial charge in [-0.3, -0.25) is 4.79 Å². The van der Waals surface area contributed by atoms with Crippen molar-refractivity contribution in [3.63, 3.8) is 0 Å². The van der Waals surface area contributed by atoms with E-state index in [9.17, 15) is 4.79 Å². The number of aryl methyl sites for hydroxylation is 3. The molecule has 0 saturated carbocycles. The summed E-state index contributed by atoms with van der Waals surface area (Å²) in [5.41, 5.74) is 5.54. The van der Waals surface area contributed by atoms with Crippen molar-refractivity contribution in [2.75, 3.05) is 10.6 Å². The van der Waals surface area contributed by atoms with E-state index >= 15 is 0 Å². The van der Waals surface area contributed by atoms with Crippen molar-refractivity contribution >= 4 is 17.7 Å². The van der Waals surface area contributed by atoms with Crippen LogP contribution in [0.1, 0.15) is 48.2 Å². The third kappa shape index (κ3) is 7.59. The van der Waals surface area contributed by atoms with Crippen molar-refractivity contribution in [3.05, 3.63) is 82.5 Å². The number of carbonyl (C=O) groups excluding carboxylic acids is 1. The predicted octanol–water partition coefficient (Wildman–Crippen LogP) is 5.16. The van der Waals surface area contributed by atoms with Crippen LogP contribution < -0.4 is 16.0 Å². The SMILES string of the molecule is Cc1ccc(CNC(=O)[C@H](CC(C)C)Nc2cc(C)nc(NCc3ccccc3C)n2)cc1. The van der Waals surface area contributed by atoms with Gasteiger partial charge in [-0.1, -0.05) is 67.9 Å². The first-order valence-electron chi connectivity index (χ1n) is 11.5. The van der Waals surface area contributed by atoms with Crippen LogP contribution in [0.25, 0.3) is 0 Å². The summed E-state index contributed by atoms with van der Waals surface area (Å²) in [6.07, 6.45) is 0.703. The maximum absolute atomic E-state index is 13.0. The molecule has 6 heteroatoms. The summed E-state index contributed by atoms with van der Waals surface area (Å²) >= 11 is 0. The molecule has 0 aliphatic rings. The van der Waals surface area contributed by atoms with Crippen LogP contribution in [-0.4, -0.2) is 21.9 Å². The molecule has 1 amide bonds. The molecule has 0 unspecified atom stereocenters. The Morgan fingerprint density at radius 3 is 2.36 bits per heavy atom. The van der Waals surface area contributed by atoms with Gasteiger partial charge >= 0.3 is 0 Å². The van der Waals surface area contributed by atoms with Crippen molar-refractivity contribution in [2.24, 2.45) is 5.92 Å². The van der Waals surface area contributed by atoms with E-state index in [0.717, 1.165) is 11.3 Å². The molecule has 0 fully saturated rings. The second kappa shape index (κ2) is 11.5. The maximum Gasteiger partial charge on any atom is 0.242 e. The Bertz CT molecular complexity index is 1060. The fraction of sp³-hybridized carbons (Fsp3) is 0.370. The molecule has 3 N–H and O–H groups in total. The van der Waals surface area contributed by atoms with Crippen molar-refractivity contribution in [1.82, 2.24) is 15.3 Å². The van der Waals surface area contributed by atoms with Gasteiger partial charge < -0.3 is 16.0 Å². The number of amides is 1. The predicted molar refractivity (Wildman–Crippen MR) is 135 cm³/mol. The van der Waals surface area contributed by atoms with Crippen LogP contribution in [0.4, 0.5) is 11.8 Å². The largest absolute Gasteiger partial charge is 0.358 e. The molecule has 6 nitrogen and oxygen atoms in total. The molecule has 0 radical (unpaired) electrons. The fourth-order valence-corrected chi connectivity index (χ4v) is 3.60. The Kier molecular flexibility index (Phi) is 8.41. The van der Waals surface area contributed by atoms with Gasteiger partial charge in [-0.15, -0.1) is 0 Å².